The molecule has 3 fully saturated rings. The Morgan fingerprint density at radius 3 is 2.04 bits per heavy atom. The third-order valence-electron chi connectivity index (χ3n) is 14.0. The van der Waals surface area contributed by atoms with E-state index in [9.17, 15) is 44.1 Å². The van der Waals surface area contributed by atoms with Crippen LogP contribution in [0.1, 0.15) is 96.6 Å². The third-order valence-corrected chi connectivity index (χ3v) is 14.0. The van der Waals surface area contributed by atoms with E-state index < -0.39 is 150 Å². The quantitative estimate of drug-likeness (QED) is 0.0862. The summed E-state index contributed by atoms with van der Waals surface area (Å²) in [6, 6.07) is 14.2. The number of rotatable bonds is 15. The molecule has 11 atom stereocenters. The number of nitrogens with one attached hydrogen (secondary N) is 1. The Labute approximate surface area is 405 Å². The first-order valence-electron chi connectivity index (χ1n) is 22.9. The van der Waals surface area contributed by atoms with Crippen LogP contribution in [0.5, 0.6) is 0 Å². The molecule has 1 amide bonds. The Morgan fingerprint density at radius 2 is 1.50 bits per heavy atom. The smallest absolute Gasteiger partial charge is 0.408 e. The van der Waals surface area contributed by atoms with Crippen LogP contribution in [0.25, 0.3) is 0 Å². The third kappa shape index (κ3) is 9.94. The number of hydrogen-bond acceptors (Lipinski definition) is 19. The summed E-state index contributed by atoms with van der Waals surface area (Å²) in [4.78, 5) is 99.2. The number of amides is 1. The molecular weight excluding hydrogens is 919 g/mol. The lowest BCUT2D eigenvalue weighted by Gasteiger charge is -2.67. The van der Waals surface area contributed by atoms with Gasteiger partial charge in [-0.3, -0.25) is 14.4 Å². The van der Waals surface area contributed by atoms with Crippen molar-refractivity contribution < 1.29 is 91.5 Å². The molecule has 382 valence electrons. The molecule has 3 aliphatic carbocycles. The van der Waals surface area contributed by atoms with Gasteiger partial charge in [0.15, 0.2) is 23.6 Å². The SMILES string of the molecule is COC(OC)C(=O)O[C@H]1C[C@H]2OC[C@@]2(OC(C)=O)C2[C@H](OC(=O)c3ccccc3)[C@]3(O)C[C@H](OC(=O)[C@H](O)[C@@H](NC(=O)OC(C)(C)C)c4ccccc4)C(C)=C([C@@H](OC(=O)CCO)C(=O)[C@@]21C)C3(C)C. The summed E-state index contributed by atoms with van der Waals surface area (Å²) in [7, 11) is 2.35. The number of ether oxygens (including phenoxy) is 9. The minimum Gasteiger partial charge on any atom is -0.457 e. The number of aliphatic hydroxyl groups excluding tert-OH is 2. The Bertz CT molecular complexity index is 2340. The summed E-state index contributed by atoms with van der Waals surface area (Å²) >= 11 is 0. The zero-order valence-corrected chi connectivity index (χ0v) is 40.9. The van der Waals surface area contributed by atoms with Crippen LogP contribution in [0.3, 0.4) is 0 Å². The minimum atomic E-state index is -2.55. The lowest BCUT2D eigenvalue weighted by Crippen LogP contribution is -2.82. The van der Waals surface area contributed by atoms with Crippen LogP contribution < -0.4 is 5.32 Å². The molecule has 1 heterocycles. The van der Waals surface area contributed by atoms with Crippen LogP contribution in [-0.2, 0) is 66.6 Å². The van der Waals surface area contributed by atoms with Gasteiger partial charge in [0.25, 0.3) is 6.29 Å². The van der Waals surface area contributed by atoms with Gasteiger partial charge in [0.1, 0.15) is 35.6 Å². The van der Waals surface area contributed by atoms with E-state index >= 15 is 4.79 Å². The fourth-order valence-electron chi connectivity index (χ4n) is 10.6. The Morgan fingerprint density at radius 1 is 0.886 bits per heavy atom. The van der Waals surface area contributed by atoms with Gasteiger partial charge in [-0.15, -0.1) is 0 Å². The molecule has 20 heteroatoms. The van der Waals surface area contributed by atoms with Crippen LogP contribution in [0, 0.1) is 16.7 Å². The highest BCUT2D eigenvalue weighted by molar-refractivity contribution is 5.96. The number of methoxy groups -OCH3 is 2. The van der Waals surface area contributed by atoms with Gasteiger partial charge >= 0.3 is 35.9 Å². The summed E-state index contributed by atoms with van der Waals surface area (Å²) in [5.74, 6) is -8.11. The van der Waals surface area contributed by atoms with Crippen molar-refractivity contribution in [1.82, 2.24) is 5.32 Å². The van der Waals surface area contributed by atoms with E-state index in [1.807, 2.05) is 0 Å². The number of alkyl carbamates (subject to hydrolysis) is 1. The number of fused-ring (bicyclic) bond motifs is 5. The monoisotopic (exact) mass is 981 g/mol. The van der Waals surface area contributed by atoms with Crippen molar-refractivity contribution in [2.24, 2.45) is 16.7 Å². The average molecular weight is 982 g/mol. The highest BCUT2D eigenvalue weighted by atomic mass is 16.7. The summed E-state index contributed by atoms with van der Waals surface area (Å²) in [6.45, 7) is 10.7. The first-order valence-corrected chi connectivity index (χ1v) is 22.9. The maximum Gasteiger partial charge on any atom is 0.408 e. The molecule has 1 unspecified atom stereocenters. The zero-order chi connectivity index (χ0) is 51.7. The van der Waals surface area contributed by atoms with Gasteiger partial charge in [-0.1, -0.05) is 62.4 Å². The lowest BCUT2D eigenvalue weighted by atomic mass is 9.44. The van der Waals surface area contributed by atoms with Crippen LogP contribution >= 0.6 is 0 Å². The largest absolute Gasteiger partial charge is 0.457 e. The second-order valence-corrected chi connectivity index (χ2v) is 19.7. The fourth-order valence-corrected chi connectivity index (χ4v) is 10.6. The molecule has 70 heavy (non-hydrogen) atoms. The normalized spacial score (nSPS) is 29.8. The molecule has 1 saturated heterocycles. The van der Waals surface area contributed by atoms with Crippen LogP contribution in [0.15, 0.2) is 71.8 Å². The van der Waals surface area contributed by atoms with Crippen molar-refractivity contribution in [1.29, 1.82) is 0 Å². The fraction of sp³-hybridized carbons (Fsp3) is 0.580. The van der Waals surface area contributed by atoms with Crippen molar-refractivity contribution in [2.75, 3.05) is 27.4 Å². The van der Waals surface area contributed by atoms with Crippen molar-refractivity contribution in [3.8, 4) is 0 Å². The molecule has 2 aromatic rings. The molecule has 2 bridgehead atoms. The van der Waals surface area contributed by atoms with E-state index in [1.54, 1.807) is 69.3 Å². The van der Waals surface area contributed by atoms with Gasteiger partial charge in [-0.2, -0.15) is 0 Å². The molecule has 4 N–H and O–H groups in total. The van der Waals surface area contributed by atoms with Gasteiger partial charge < -0.3 is 63.3 Å². The highest BCUT2D eigenvalue weighted by Gasteiger charge is 2.79. The van der Waals surface area contributed by atoms with Crippen LogP contribution in [0.2, 0.25) is 0 Å². The van der Waals surface area contributed by atoms with Crippen LogP contribution in [-0.4, -0.2) is 144 Å². The number of ketones is 1. The molecule has 6 rings (SSSR count). The first-order chi connectivity index (χ1) is 32.8. The van der Waals surface area contributed by atoms with E-state index in [-0.39, 0.29) is 28.7 Å². The summed E-state index contributed by atoms with van der Waals surface area (Å²) in [5.41, 5.74) is -9.34. The average Bonchev–Trinajstić information content (AvgIpc) is 3.28. The Kier molecular flexibility index (Phi) is 15.7. The van der Waals surface area contributed by atoms with Crippen molar-refractivity contribution in [2.45, 2.75) is 140 Å². The standard InChI is InChI=1S/C50H63NO19/c1-26-30(65-42(58)36(55)35(28-17-13-11-14-18-28)51-45(60)70-46(3,4)5)24-50(61)40(68-41(57)29-19-15-12-16-20-29)38-48(8,39(56)37(34(26)47(50,6)7)67-33(54)21-22-52)31(66-43(59)44(62-9)63-10)23-32-49(38,25-64-32)69-27(2)53/h11-20,30-32,35-38,40,44,52,55,61H,21-25H2,1-10H3,(H,51,60)/t30-,31-,32+,35-,36+,37+,38?,40-,48+,49-,50+/m0/s1. The van der Waals surface area contributed by atoms with E-state index in [1.165, 1.54) is 54.0 Å². The predicted octanol–water partition coefficient (Wildman–Crippen LogP) is 3.36. The maximum absolute atomic E-state index is 16.2. The molecule has 2 saturated carbocycles. The minimum absolute atomic E-state index is 0.00198. The lowest BCUT2D eigenvalue weighted by molar-refractivity contribution is -0.347. The van der Waals surface area contributed by atoms with Gasteiger partial charge in [0.05, 0.1) is 42.6 Å². The van der Waals surface area contributed by atoms with E-state index in [0.29, 0.717) is 0 Å². The number of carbonyl (C=O) groups excluding carboxylic acids is 7. The number of aliphatic hydroxyl groups is 3. The summed E-state index contributed by atoms with van der Waals surface area (Å²) < 4.78 is 52.7. The molecule has 0 radical (unpaired) electrons. The van der Waals surface area contributed by atoms with E-state index in [4.69, 9.17) is 42.6 Å². The van der Waals surface area contributed by atoms with E-state index in [2.05, 4.69) is 5.32 Å². The summed E-state index contributed by atoms with van der Waals surface area (Å²) in [5, 5.41) is 38.2. The Balaban J connectivity index is 1.61. The van der Waals surface area contributed by atoms with Gasteiger partial charge in [0, 0.05) is 39.4 Å². The number of hydrogen-bond donors (Lipinski definition) is 4. The van der Waals surface area contributed by atoms with Crippen molar-refractivity contribution in [3.05, 3.63) is 82.9 Å². The second-order valence-electron chi connectivity index (χ2n) is 19.7. The molecule has 4 aliphatic rings. The molecule has 1 aliphatic heterocycles. The molecule has 0 spiro atoms. The van der Waals surface area contributed by atoms with Gasteiger partial charge in [0.2, 0.25) is 0 Å². The second kappa shape index (κ2) is 20.5. The number of benzene rings is 2. The zero-order valence-electron chi connectivity index (χ0n) is 40.9. The number of carbonyl (C=O) groups is 7. The first kappa shape index (κ1) is 53.6. The van der Waals surface area contributed by atoms with Crippen molar-refractivity contribution >= 4 is 41.7 Å². The van der Waals surface area contributed by atoms with Crippen LogP contribution in [0.4, 0.5) is 4.79 Å². The molecule has 20 nitrogen and oxygen atoms in total. The Hall–Kier alpha value is -5.77. The molecule has 2 aromatic carbocycles. The van der Waals surface area contributed by atoms with Gasteiger partial charge in [-0.05, 0) is 63.5 Å². The molecule has 0 aromatic heterocycles. The summed E-state index contributed by atoms with van der Waals surface area (Å²) in [6.07, 6.45) is -14.7. The van der Waals surface area contributed by atoms with Crippen molar-refractivity contribution in [3.63, 3.8) is 0 Å². The maximum atomic E-state index is 16.2. The van der Waals surface area contributed by atoms with Gasteiger partial charge in [-0.25, -0.2) is 19.2 Å². The molecular formula is C50H63NO19. The predicted molar refractivity (Wildman–Crippen MR) is 241 cm³/mol. The topological polar surface area (TPSA) is 275 Å². The highest BCUT2D eigenvalue weighted by Crippen LogP contribution is 2.65. The number of esters is 5. The van der Waals surface area contributed by atoms with E-state index in [0.717, 1.165) is 6.92 Å². The number of Topliss-reactive ketones (excluding diaryl/α,β-unsaturated/α-hetero) is 1.